The number of pyridine rings is 1. The monoisotopic (exact) mass is 337 g/mol. The Labute approximate surface area is 147 Å². The van der Waals surface area contributed by atoms with E-state index in [-0.39, 0.29) is 5.91 Å². The Morgan fingerprint density at radius 1 is 1.20 bits per heavy atom. The van der Waals surface area contributed by atoms with E-state index in [0.29, 0.717) is 5.92 Å². The summed E-state index contributed by atoms with van der Waals surface area (Å²) in [6, 6.07) is 5.85. The maximum Gasteiger partial charge on any atom is 0.254 e. The number of hydrogen-bond donors (Lipinski definition) is 0. The number of piperidine rings is 1. The van der Waals surface area contributed by atoms with E-state index in [2.05, 4.69) is 27.8 Å². The summed E-state index contributed by atoms with van der Waals surface area (Å²) in [5.74, 6) is 0.687. The van der Waals surface area contributed by atoms with Crippen LogP contribution in [0, 0.1) is 19.8 Å². The third-order valence-corrected chi connectivity index (χ3v) is 5.08. The Hall–Kier alpha value is -2.63. The van der Waals surface area contributed by atoms with E-state index in [1.54, 1.807) is 6.20 Å². The SMILES string of the molecule is Cc1cc(C)n(CC2CCN(C(=O)c3ccn4ccnc4c3)CC2)n1. The van der Waals surface area contributed by atoms with E-state index in [0.717, 1.165) is 49.4 Å². The molecule has 1 amide bonds. The maximum absolute atomic E-state index is 12.8. The first-order chi connectivity index (χ1) is 12.1. The number of rotatable bonds is 3. The van der Waals surface area contributed by atoms with Crippen molar-refractivity contribution in [1.29, 1.82) is 0 Å². The maximum atomic E-state index is 12.8. The van der Waals surface area contributed by atoms with Crippen molar-refractivity contribution >= 4 is 11.6 Å². The summed E-state index contributed by atoms with van der Waals surface area (Å²) in [6.45, 7) is 6.69. The lowest BCUT2D eigenvalue weighted by atomic mass is 9.96. The fourth-order valence-electron chi connectivity index (χ4n) is 3.65. The van der Waals surface area contributed by atoms with E-state index in [4.69, 9.17) is 0 Å². The van der Waals surface area contributed by atoms with Crippen LogP contribution >= 0.6 is 0 Å². The first-order valence-electron chi connectivity index (χ1n) is 8.83. The number of likely N-dealkylation sites (tertiary alicyclic amines) is 1. The van der Waals surface area contributed by atoms with Crippen molar-refractivity contribution in [3.8, 4) is 0 Å². The van der Waals surface area contributed by atoms with Crippen LogP contribution in [-0.2, 0) is 6.54 Å². The number of carbonyl (C=O) groups is 1. The van der Waals surface area contributed by atoms with Crippen LogP contribution in [0.3, 0.4) is 0 Å². The van der Waals surface area contributed by atoms with Gasteiger partial charge in [-0.2, -0.15) is 5.10 Å². The zero-order valence-corrected chi connectivity index (χ0v) is 14.7. The molecule has 4 heterocycles. The van der Waals surface area contributed by atoms with Crippen molar-refractivity contribution in [1.82, 2.24) is 24.1 Å². The van der Waals surface area contributed by atoms with Crippen molar-refractivity contribution in [2.45, 2.75) is 33.2 Å². The largest absolute Gasteiger partial charge is 0.339 e. The zero-order valence-electron chi connectivity index (χ0n) is 14.7. The molecule has 4 rings (SSSR count). The molecule has 25 heavy (non-hydrogen) atoms. The number of amides is 1. The number of carbonyl (C=O) groups excluding carboxylic acids is 1. The molecule has 6 heteroatoms. The average molecular weight is 337 g/mol. The molecule has 0 bridgehead atoms. The highest BCUT2D eigenvalue weighted by Gasteiger charge is 2.24. The number of hydrogen-bond acceptors (Lipinski definition) is 3. The Balaban J connectivity index is 1.39. The van der Waals surface area contributed by atoms with Crippen LogP contribution in [0.2, 0.25) is 0 Å². The molecule has 1 aliphatic heterocycles. The highest BCUT2D eigenvalue weighted by atomic mass is 16.2. The first kappa shape index (κ1) is 15.9. The Bertz CT molecular complexity index is 902. The normalized spacial score (nSPS) is 15.8. The summed E-state index contributed by atoms with van der Waals surface area (Å²) in [7, 11) is 0. The van der Waals surface area contributed by atoms with Gasteiger partial charge in [0.1, 0.15) is 5.65 Å². The van der Waals surface area contributed by atoms with Crippen molar-refractivity contribution in [2.75, 3.05) is 13.1 Å². The average Bonchev–Trinajstić information content (AvgIpc) is 3.20. The standard InChI is InChI=1S/C19H23N5O/c1-14-11-15(2)24(21-14)13-16-3-7-23(8-4-16)19(25)17-5-9-22-10-6-20-18(22)12-17/h5-6,9-12,16H,3-4,7-8,13H2,1-2H3. The molecular formula is C19H23N5O. The number of aromatic nitrogens is 4. The fraction of sp³-hybridized carbons (Fsp3) is 0.421. The summed E-state index contributed by atoms with van der Waals surface area (Å²) < 4.78 is 4.02. The van der Waals surface area contributed by atoms with Crippen molar-refractivity contribution < 1.29 is 4.79 Å². The van der Waals surface area contributed by atoms with Crippen LogP contribution in [0.4, 0.5) is 0 Å². The van der Waals surface area contributed by atoms with Crippen LogP contribution in [0.5, 0.6) is 0 Å². The van der Waals surface area contributed by atoms with Crippen LogP contribution < -0.4 is 0 Å². The van der Waals surface area contributed by atoms with Gasteiger partial charge < -0.3 is 9.30 Å². The number of nitrogens with zero attached hydrogens (tertiary/aromatic N) is 5. The van der Waals surface area contributed by atoms with Gasteiger partial charge in [0.2, 0.25) is 0 Å². The molecule has 0 unspecified atom stereocenters. The highest BCUT2D eigenvalue weighted by Crippen LogP contribution is 2.21. The number of aryl methyl sites for hydroxylation is 2. The molecule has 0 aromatic carbocycles. The lowest BCUT2D eigenvalue weighted by molar-refractivity contribution is 0.0681. The summed E-state index contributed by atoms with van der Waals surface area (Å²) in [5, 5.41) is 4.56. The third kappa shape index (κ3) is 3.16. The zero-order chi connectivity index (χ0) is 17.4. The molecule has 130 valence electrons. The van der Waals surface area contributed by atoms with Crippen LogP contribution in [-0.4, -0.2) is 43.1 Å². The predicted octanol–water partition coefficient (Wildman–Crippen LogP) is 2.70. The van der Waals surface area contributed by atoms with Crippen molar-refractivity contribution in [3.63, 3.8) is 0 Å². The molecule has 3 aromatic heterocycles. The van der Waals surface area contributed by atoms with Gasteiger partial charge in [-0.3, -0.25) is 9.48 Å². The van der Waals surface area contributed by atoms with Gasteiger partial charge in [0.25, 0.3) is 5.91 Å². The topological polar surface area (TPSA) is 55.4 Å². The lowest BCUT2D eigenvalue weighted by Crippen LogP contribution is -2.39. The summed E-state index contributed by atoms with van der Waals surface area (Å²) >= 11 is 0. The van der Waals surface area contributed by atoms with E-state index in [1.165, 1.54) is 5.69 Å². The Kier molecular flexibility index (Phi) is 4.03. The molecular weight excluding hydrogens is 314 g/mol. The molecule has 6 nitrogen and oxygen atoms in total. The second-order valence-electron chi connectivity index (χ2n) is 6.95. The van der Waals surface area contributed by atoms with E-state index >= 15 is 0 Å². The van der Waals surface area contributed by atoms with E-state index in [1.807, 2.05) is 40.8 Å². The summed E-state index contributed by atoms with van der Waals surface area (Å²) in [5.41, 5.74) is 3.81. The summed E-state index contributed by atoms with van der Waals surface area (Å²) in [6.07, 6.45) is 7.57. The fourth-order valence-corrected chi connectivity index (χ4v) is 3.65. The molecule has 1 saturated heterocycles. The molecule has 0 aliphatic carbocycles. The smallest absolute Gasteiger partial charge is 0.254 e. The van der Waals surface area contributed by atoms with Gasteiger partial charge in [-0.15, -0.1) is 0 Å². The minimum Gasteiger partial charge on any atom is -0.339 e. The van der Waals surface area contributed by atoms with Crippen molar-refractivity contribution in [3.05, 3.63) is 53.7 Å². The van der Waals surface area contributed by atoms with Gasteiger partial charge in [-0.05, 0) is 50.8 Å². The van der Waals surface area contributed by atoms with Gasteiger partial charge in [0.05, 0.1) is 5.69 Å². The third-order valence-electron chi connectivity index (χ3n) is 5.08. The first-order valence-corrected chi connectivity index (χ1v) is 8.83. The second kappa shape index (κ2) is 6.35. The molecule has 0 saturated carbocycles. The van der Waals surface area contributed by atoms with Crippen LogP contribution in [0.1, 0.15) is 34.6 Å². The quantitative estimate of drug-likeness (QED) is 0.738. The molecule has 0 spiro atoms. The van der Waals surface area contributed by atoms with Crippen LogP contribution in [0.15, 0.2) is 36.8 Å². The molecule has 1 fully saturated rings. The van der Waals surface area contributed by atoms with Gasteiger partial charge in [-0.1, -0.05) is 0 Å². The van der Waals surface area contributed by atoms with E-state index in [9.17, 15) is 4.79 Å². The van der Waals surface area contributed by atoms with Gasteiger partial charge in [0, 0.05) is 49.5 Å². The minimum atomic E-state index is 0.107. The Morgan fingerprint density at radius 2 is 2.00 bits per heavy atom. The van der Waals surface area contributed by atoms with Gasteiger partial charge >= 0.3 is 0 Å². The molecule has 0 radical (unpaired) electrons. The van der Waals surface area contributed by atoms with Crippen molar-refractivity contribution in [2.24, 2.45) is 5.92 Å². The van der Waals surface area contributed by atoms with Gasteiger partial charge in [-0.25, -0.2) is 4.98 Å². The number of imidazole rings is 1. The minimum absolute atomic E-state index is 0.107. The van der Waals surface area contributed by atoms with E-state index < -0.39 is 0 Å². The molecule has 3 aromatic rings. The Morgan fingerprint density at radius 3 is 2.72 bits per heavy atom. The lowest BCUT2D eigenvalue weighted by Gasteiger charge is -2.32. The molecule has 0 atom stereocenters. The predicted molar refractivity (Wildman–Crippen MR) is 95.5 cm³/mol. The summed E-state index contributed by atoms with van der Waals surface area (Å²) in [4.78, 5) is 19.0. The van der Waals surface area contributed by atoms with Crippen LogP contribution in [0.25, 0.3) is 5.65 Å². The second-order valence-corrected chi connectivity index (χ2v) is 6.95. The number of fused-ring (bicyclic) bond motifs is 1. The highest BCUT2D eigenvalue weighted by molar-refractivity contribution is 5.95. The molecule has 0 N–H and O–H groups in total. The van der Waals surface area contributed by atoms with Gasteiger partial charge in [0.15, 0.2) is 0 Å². The molecule has 1 aliphatic rings.